The van der Waals surface area contributed by atoms with Crippen LogP contribution in [0.2, 0.25) is 0 Å². The summed E-state index contributed by atoms with van der Waals surface area (Å²) in [5, 5.41) is 11.3. The molecule has 0 saturated carbocycles. The molecule has 0 aliphatic rings. The highest BCUT2D eigenvalue weighted by atomic mass is 79.9. The zero-order chi connectivity index (χ0) is 13.8. The summed E-state index contributed by atoms with van der Waals surface area (Å²) in [4.78, 5) is 0. The molecular formula is C14H9BrF2N2. The first-order valence-corrected chi connectivity index (χ1v) is 6.27. The fourth-order valence-corrected chi connectivity index (χ4v) is 2.09. The standard InChI is InChI=1S/C14H9BrF2N2/c15-11-3-1-2-9(4-11)8-19-14-12(16)5-10(7-18)6-13(14)17/h1-6,19H,8H2. The maximum absolute atomic E-state index is 13.6. The normalized spacial score (nSPS) is 10.0. The molecule has 0 radical (unpaired) electrons. The van der Waals surface area contributed by atoms with Gasteiger partial charge in [0.25, 0.3) is 0 Å². The van der Waals surface area contributed by atoms with Crippen molar-refractivity contribution in [3.63, 3.8) is 0 Å². The zero-order valence-electron chi connectivity index (χ0n) is 9.75. The minimum atomic E-state index is -0.772. The molecule has 0 fully saturated rings. The van der Waals surface area contributed by atoms with Crippen LogP contribution in [0.3, 0.4) is 0 Å². The van der Waals surface area contributed by atoms with E-state index in [4.69, 9.17) is 5.26 Å². The molecule has 5 heteroatoms. The van der Waals surface area contributed by atoms with Crippen LogP contribution in [0.4, 0.5) is 14.5 Å². The molecule has 0 amide bonds. The topological polar surface area (TPSA) is 35.8 Å². The Hall–Kier alpha value is -1.93. The molecule has 19 heavy (non-hydrogen) atoms. The smallest absolute Gasteiger partial charge is 0.150 e. The van der Waals surface area contributed by atoms with Crippen molar-refractivity contribution in [1.29, 1.82) is 5.26 Å². The summed E-state index contributed by atoms with van der Waals surface area (Å²) in [7, 11) is 0. The minimum absolute atomic E-state index is 0.0389. The summed E-state index contributed by atoms with van der Waals surface area (Å²) < 4.78 is 28.1. The first-order chi connectivity index (χ1) is 9.10. The fourth-order valence-electron chi connectivity index (χ4n) is 1.64. The Balaban J connectivity index is 2.18. The number of hydrogen-bond acceptors (Lipinski definition) is 2. The molecule has 2 nitrogen and oxygen atoms in total. The lowest BCUT2D eigenvalue weighted by Crippen LogP contribution is -2.04. The predicted octanol–water partition coefficient (Wildman–Crippen LogP) is 4.21. The Kier molecular flexibility index (Phi) is 4.13. The number of rotatable bonds is 3. The number of nitrogens with zero attached hydrogens (tertiary/aromatic N) is 1. The second kappa shape index (κ2) is 5.81. The zero-order valence-corrected chi connectivity index (χ0v) is 11.3. The van der Waals surface area contributed by atoms with E-state index in [2.05, 4.69) is 21.2 Å². The van der Waals surface area contributed by atoms with Crippen molar-refractivity contribution in [2.45, 2.75) is 6.54 Å². The monoisotopic (exact) mass is 322 g/mol. The highest BCUT2D eigenvalue weighted by molar-refractivity contribution is 9.10. The molecule has 2 rings (SSSR count). The summed E-state index contributed by atoms with van der Waals surface area (Å²) in [5.74, 6) is -1.54. The molecule has 0 spiro atoms. The van der Waals surface area contributed by atoms with Gasteiger partial charge in [0.05, 0.1) is 11.6 Å². The van der Waals surface area contributed by atoms with Crippen molar-refractivity contribution in [1.82, 2.24) is 0 Å². The molecule has 0 heterocycles. The number of nitrogens with one attached hydrogen (secondary N) is 1. The SMILES string of the molecule is N#Cc1cc(F)c(NCc2cccc(Br)c2)c(F)c1. The Morgan fingerprint density at radius 1 is 1.16 bits per heavy atom. The second-order valence-electron chi connectivity index (χ2n) is 3.91. The molecule has 2 aromatic carbocycles. The molecule has 0 atom stereocenters. The van der Waals surface area contributed by atoms with Crippen molar-refractivity contribution in [2.75, 3.05) is 5.32 Å². The molecule has 0 saturated heterocycles. The van der Waals surface area contributed by atoms with Crippen molar-refractivity contribution in [3.05, 3.63) is 63.6 Å². The largest absolute Gasteiger partial charge is 0.376 e. The second-order valence-corrected chi connectivity index (χ2v) is 4.83. The average Bonchev–Trinajstić information content (AvgIpc) is 2.37. The molecule has 2 aromatic rings. The van der Waals surface area contributed by atoms with E-state index in [-0.39, 0.29) is 11.3 Å². The van der Waals surface area contributed by atoms with Gasteiger partial charge in [-0.25, -0.2) is 8.78 Å². The van der Waals surface area contributed by atoms with E-state index >= 15 is 0 Å². The van der Waals surface area contributed by atoms with Crippen LogP contribution in [0.5, 0.6) is 0 Å². The Bertz CT molecular complexity index is 627. The van der Waals surface area contributed by atoms with E-state index in [9.17, 15) is 8.78 Å². The summed E-state index contributed by atoms with van der Waals surface area (Å²) in [6, 6.07) is 11.1. The molecule has 0 aliphatic heterocycles. The van der Waals surface area contributed by atoms with Gasteiger partial charge >= 0.3 is 0 Å². The van der Waals surface area contributed by atoms with Gasteiger partial charge in [-0.3, -0.25) is 0 Å². The number of hydrogen-bond donors (Lipinski definition) is 1. The van der Waals surface area contributed by atoms with Crippen LogP contribution in [-0.4, -0.2) is 0 Å². The first-order valence-electron chi connectivity index (χ1n) is 5.47. The van der Waals surface area contributed by atoms with Gasteiger partial charge in [-0.1, -0.05) is 28.1 Å². The molecule has 0 bridgehead atoms. The van der Waals surface area contributed by atoms with Crippen LogP contribution in [0.15, 0.2) is 40.9 Å². The van der Waals surface area contributed by atoms with Crippen LogP contribution in [-0.2, 0) is 6.54 Å². The third-order valence-electron chi connectivity index (χ3n) is 2.53. The molecule has 0 unspecified atom stereocenters. The molecule has 96 valence electrons. The van der Waals surface area contributed by atoms with Crippen LogP contribution in [0, 0.1) is 23.0 Å². The lowest BCUT2D eigenvalue weighted by Gasteiger charge is -2.09. The van der Waals surface area contributed by atoms with Gasteiger partial charge in [0.1, 0.15) is 5.69 Å². The lowest BCUT2D eigenvalue weighted by molar-refractivity contribution is 0.587. The average molecular weight is 323 g/mol. The third-order valence-corrected chi connectivity index (χ3v) is 3.02. The number of benzene rings is 2. The minimum Gasteiger partial charge on any atom is -0.376 e. The molecule has 0 aliphatic carbocycles. The van der Waals surface area contributed by atoms with E-state index < -0.39 is 11.6 Å². The Morgan fingerprint density at radius 2 is 1.84 bits per heavy atom. The van der Waals surface area contributed by atoms with Gasteiger partial charge in [0.15, 0.2) is 11.6 Å². The number of anilines is 1. The number of nitriles is 1. The fraction of sp³-hybridized carbons (Fsp3) is 0.0714. The van der Waals surface area contributed by atoms with Gasteiger partial charge in [0, 0.05) is 11.0 Å². The van der Waals surface area contributed by atoms with Crippen LogP contribution >= 0.6 is 15.9 Å². The first kappa shape index (κ1) is 13.5. The van der Waals surface area contributed by atoms with Crippen molar-refractivity contribution in [3.8, 4) is 6.07 Å². The predicted molar refractivity (Wildman–Crippen MR) is 72.5 cm³/mol. The maximum Gasteiger partial charge on any atom is 0.150 e. The quantitative estimate of drug-likeness (QED) is 0.918. The maximum atomic E-state index is 13.6. The molecule has 0 aromatic heterocycles. The van der Waals surface area contributed by atoms with Crippen molar-refractivity contribution >= 4 is 21.6 Å². The molecule has 1 N–H and O–H groups in total. The van der Waals surface area contributed by atoms with Gasteiger partial charge in [-0.15, -0.1) is 0 Å². The van der Waals surface area contributed by atoms with Gasteiger partial charge in [-0.2, -0.15) is 5.26 Å². The van der Waals surface area contributed by atoms with E-state index in [0.717, 1.165) is 22.2 Å². The van der Waals surface area contributed by atoms with E-state index in [1.165, 1.54) is 0 Å². The number of halogens is 3. The van der Waals surface area contributed by atoms with Gasteiger partial charge < -0.3 is 5.32 Å². The van der Waals surface area contributed by atoms with Crippen LogP contribution < -0.4 is 5.32 Å². The summed E-state index contributed by atoms with van der Waals surface area (Å²) >= 11 is 3.32. The van der Waals surface area contributed by atoms with Crippen LogP contribution in [0.25, 0.3) is 0 Å². The highest BCUT2D eigenvalue weighted by Crippen LogP contribution is 2.21. The van der Waals surface area contributed by atoms with Crippen molar-refractivity contribution < 1.29 is 8.78 Å². The van der Waals surface area contributed by atoms with E-state index in [1.807, 2.05) is 24.3 Å². The van der Waals surface area contributed by atoms with E-state index in [1.54, 1.807) is 6.07 Å². The van der Waals surface area contributed by atoms with Gasteiger partial charge in [0.2, 0.25) is 0 Å². The van der Waals surface area contributed by atoms with E-state index in [0.29, 0.717) is 6.54 Å². The highest BCUT2D eigenvalue weighted by Gasteiger charge is 2.10. The third kappa shape index (κ3) is 3.30. The summed E-state index contributed by atoms with van der Waals surface area (Å²) in [6.45, 7) is 0.291. The van der Waals surface area contributed by atoms with Crippen molar-refractivity contribution in [2.24, 2.45) is 0 Å². The van der Waals surface area contributed by atoms with Crippen LogP contribution in [0.1, 0.15) is 11.1 Å². The molecular weight excluding hydrogens is 314 g/mol. The van der Waals surface area contributed by atoms with Gasteiger partial charge in [-0.05, 0) is 29.8 Å². The Labute approximate surface area is 117 Å². The summed E-state index contributed by atoms with van der Waals surface area (Å²) in [6.07, 6.45) is 0. The summed E-state index contributed by atoms with van der Waals surface area (Å²) in [5.41, 5.74) is 0.625. The Morgan fingerprint density at radius 3 is 2.42 bits per heavy atom. The lowest BCUT2D eigenvalue weighted by atomic mass is 10.2.